The van der Waals surface area contributed by atoms with Crippen molar-refractivity contribution in [2.24, 2.45) is 0 Å². The second-order valence-electron chi connectivity index (χ2n) is 13.3. The van der Waals surface area contributed by atoms with Crippen molar-refractivity contribution in [3.63, 3.8) is 0 Å². The molecule has 0 amide bonds. The van der Waals surface area contributed by atoms with Gasteiger partial charge in [-0.3, -0.25) is 0 Å². The Hall–Kier alpha value is -7.01. The van der Waals surface area contributed by atoms with Crippen molar-refractivity contribution < 1.29 is 6.85 Å². The number of aromatic nitrogens is 3. The van der Waals surface area contributed by atoms with E-state index in [0.29, 0.717) is 23.0 Å². The number of hydrogen-bond donors (Lipinski definition) is 0. The van der Waals surface area contributed by atoms with E-state index >= 15 is 0 Å². The van der Waals surface area contributed by atoms with E-state index < -0.39 is 6.04 Å². The molecule has 0 saturated carbocycles. The van der Waals surface area contributed by atoms with Gasteiger partial charge >= 0.3 is 0 Å². The van der Waals surface area contributed by atoms with Gasteiger partial charge in [-0.1, -0.05) is 176 Å². The fourth-order valence-electron chi connectivity index (χ4n) is 7.08. The van der Waals surface area contributed by atoms with E-state index in [0.717, 1.165) is 65.5 Å². The standard InChI is InChI=1S/C51H33N3S/c1-4-12-34(13-5-1)36-22-24-37(25-23-36)38-26-28-39(29-27-38)42-30-31-46-45(33-42)48-44(20-11-21-47(48)55-46)51-53-49(40-16-8-3-9-17-40)52-50(54-51)43-19-10-18-41(32-43)35-14-6-2-7-15-35/h1-33H/i1D,4D,5D,12D,13D. The van der Waals surface area contributed by atoms with Gasteiger partial charge in [-0.15, -0.1) is 11.3 Å². The van der Waals surface area contributed by atoms with Crippen LogP contribution in [-0.2, 0) is 0 Å². The molecule has 2 heterocycles. The Kier molecular flexibility index (Phi) is 7.06. The topological polar surface area (TPSA) is 38.7 Å². The molecule has 0 unspecified atom stereocenters. The molecule has 0 aliphatic carbocycles. The zero-order valence-electron chi connectivity index (χ0n) is 34.4. The predicted octanol–water partition coefficient (Wildman–Crippen LogP) is 13.9. The number of fused-ring (bicyclic) bond motifs is 3. The molecule has 0 N–H and O–H groups in total. The van der Waals surface area contributed by atoms with Gasteiger partial charge in [-0.05, 0) is 68.8 Å². The average molecular weight is 725 g/mol. The fraction of sp³-hybridized carbons (Fsp3) is 0. The van der Waals surface area contributed by atoms with Gasteiger partial charge in [0, 0.05) is 36.9 Å². The lowest BCUT2D eigenvalue weighted by Gasteiger charge is -2.11. The van der Waals surface area contributed by atoms with E-state index in [4.69, 9.17) is 21.8 Å². The predicted molar refractivity (Wildman–Crippen MR) is 231 cm³/mol. The number of thiophene rings is 1. The van der Waals surface area contributed by atoms with Crippen molar-refractivity contribution >= 4 is 31.5 Å². The molecule has 0 spiro atoms. The van der Waals surface area contributed by atoms with Crippen LogP contribution in [0.2, 0.25) is 0 Å². The summed E-state index contributed by atoms with van der Waals surface area (Å²) in [6, 6.07) is 56.0. The molecule has 3 nitrogen and oxygen atoms in total. The van der Waals surface area contributed by atoms with E-state index in [1.54, 1.807) is 11.3 Å². The van der Waals surface area contributed by atoms with E-state index in [9.17, 15) is 0 Å². The van der Waals surface area contributed by atoms with Crippen molar-refractivity contribution in [3.05, 3.63) is 200 Å². The van der Waals surface area contributed by atoms with Crippen LogP contribution in [0.5, 0.6) is 0 Å². The summed E-state index contributed by atoms with van der Waals surface area (Å²) in [5.74, 6) is 1.83. The summed E-state index contributed by atoms with van der Waals surface area (Å²) in [5, 5.41) is 2.23. The Bertz CT molecular complexity index is 3210. The quantitative estimate of drug-likeness (QED) is 0.164. The van der Waals surface area contributed by atoms with Crippen LogP contribution in [0.15, 0.2) is 200 Å². The maximum Gasteiger partial charge on any atom is 0.164 e. The van der Waals surface area contributed by atoms with Gasteiger partial charge in [-0.25, -0.2) is 15.0 Å². The summed E-state index contributed by atoms with van der Waals surface area (Å²) in [6.07, 6.45) is 0. The maximum atomic E-state index is 8.37. The molecule has 55 heavy (non-hydrogen) atoms. The van der Waals surface area contributed by atoms with E-state index in [1.807, 2.05) is 72.8 Å². The highest BCUT2D eigenvalue weighted by molar-refractivity contribution is 7.26. The third kappa shape index (κ3) is 6.39. The second kappa shape index (κ2) is 14.1. The van der Waals surface area contributed by atoms with Gasteiger partial charge in [0.05, 0.1) is 6.85 Å². The SMILES string of the molecule is [2H]c1c([2H])c([2H])c(-c2ccc(-c3ccc(-c4ccc5sc6cccc(-c7nc(-c8ccccc8)nc(-c8cccc(-c9ccccc9)c8)n7)c6c5c4)cc3)cc2)c([2H])c1[2H]. The Morgan fingerprint density at radius 2 is 0.836 bits per heavy atom. The van der Waals surface area contributed by atoms with Crippen molar-refractivity contribution in [2.75, 3.05) is 0 Å². The lowest BCUT2D eigenvalue weighted by Crippen LogP contribution is -2.00. The minimum Gasteiger partial charge on any atom is -0.208 e. The van der Waals surface area contributed by atoms with E-state index in [2.05, 4.69) is 97.1 Å². The molecular weight excluding hydrogens is 687 g/mol. The monoisotopic (exact) mass is 724 g/mol. The molecule has 4 heteroatoms. The molecule has 0 saturated heterocycles. The molecule has 0 fully saturated rings. The third-order valence-electron chi connectivity index (χ3n) is 9.86. The highest BCUT2D eigenvalue weighted by atomic mass is 32.1. The summed E-state index contributed by atoms with van der Waals surface area (Å²) in [5.41, 5.74) is 9.87. The highest BCUT2D eigenvalue weighted by Gasteiger charge is 2.18. The summed E-state index contributed by atoms with van der Waals surface area (Å²) >= 11 is 1.75. The lowest BCUT2D eigenvalue weighted by molar-refractivity contribution is 1.08. The third-order valence-corrected chi connectivity index (χ3v) is 11.0. The van der Waals surface area contributed by atoms with Gasteiger partial charge in [0.25, 0.3) is 0 Å². The van der Waals surface area contributed by atoms with Gasteiger partial charge in [-0.2, -0.15) is 0 Å². The van der Waals surface area contributed by atoms with Crippen LogP contribution in [0.3, 0.4) is 0 Å². The van der Waals surface area contributed by atoms with Gasteiger partial charge < -0.3 is 0 Å². The van der Waals surface area contributed by atoms with E-state index in [1.165, 1.54) is 4.70 Å². The smallest absolute Gasteiger partial charge is 0.164 e. The summed E-state index contributed by atoms with van der Waals surface area (Å²) < 4.78 is 43.1. The fourth-order valence-corrected chi connectivity index (χ4v) is 8.19. The van der Waals surface area contributed by atoms with Crippen molar-refractivity contribution in [3.8, 4) is 78.7 Å². The van der Waals surface area contributed by atoms with Crippen molar-refractivity contribution in [2.45, 2.75) is 0 Å². The molecule has 10 aromatic rings. The zero-order valence-corrected chi connectivity index (χ0v) is 30.2. The molecule has 0 aliphatic rings. The molecular formula is C51H33N3S. The second-order valence-corrected chi connectivity index (χ2v) is 14.3. The van der Waals surface area contributed by atoms with Crippen LogP contribution in [0.1, 0.15) is 6.85 Å². The maximum absolute atomic E-state index is 8.37. The first-order chi connectivity index (χ1) is 29.3. The summed E-state index contributed by atoms with van der Waals surface area (Å²) in [7, 11) is 0. The molecule has 0 bridgehead atoms. The van der Waals surface area contributed by atoms with Gasteiger partial charge in [0.1, 0.15) is 0 Å². The minimum absolute atomic E-state index is 0.198. The molecule has 258 valence electrons. The van der Waals surface area contributed by atoms with Crippen LogP contribution in [0.4, 0.5) is 0 Å². The zero-order chi connectivity index (χ0) is 40.9. The Labute approximate surface area is 331 Å². The van der Waals surface area contributed by atoms with Crippen LogP contribution in [-0.4, -0.2) is 15.0 Å². The highest BCUT2D eigenvalue weighted by Crippen LogP contribution is 2.42. The largest absolute Gasteiger partial charge is 0.208 e. The van der Waals surface area contributed by atoms with Crippen LogP contribution in [0.25, 0.3) is 98.8 Å². The van der Waals surface area contributed by atoms with E-state index in [-0.39, 0.29) is 29.7 Å². The first kappa shape index (κ1) is 27.6. The van der Waals surface area contributed by atoms with Crippen molar-refractivity contribution in [1.82, 2.24) is 15.0 Å². The lowest BCUT2D eigenvalue weighted by atomic mass is 9.97. The van der Waals surface area contributed by atoms with Gasteiger partial charge in [0.2, 0.25) is 0 Å². The van der Waals surface area contributed by atoms with Gasteiger partial charge in [0.15, 0.2) is 17.5 Å². The normalized spacial score (nSPS) is 12.5. The van der Waals surface area contributed by atoms with Crippen LogP contribution in [0, 0.1) is 0 Å². The number of nitrogens with zero attached hydrogens (tertiary/aromatic N) is 3. The Balaban J connectivity index is 1.02. The molecule has 0 atom stereocenters. The molecule has 2 aromatic heterocycles. The van der Waals surface area contributed by atoms with Crippen LogP contribution < -0.4 is 0 Å². The molecule has 10 rings (SSSR count). The number of rotatable bonds is 7. The average Bonchev–Trinajstić information content (AvgIpc) is 3.69. The van der Waals surface area contributed by atoms with Crippen LogP contribution >= 0.6 is 11.3 Å². The molecule has 0 aliphatic heterocycles. The van der Waals surface area contributed by atoms with Crippen molar-refractivity contribution in [1.29, 1.82) is 0 Å². The number of benzene rings is 8. The Morgan fingerprint density at radius 3 is 1.53 bits per heavy atom. The molecule has 8 aromatic carbocycles. The number of hydrogen-bond acceptors (Lipinski definition) is 4. The first-order valence-electron chi connectivity index (χ1n) is 20.5. The molecule has 0 radical (unpaired) electrons. The summed E-state index contributed by atoms with van der Waals surface area (Å²) in [4.78, 5) is 15.3. The Morgan fingerprint density at radius 1 is 0.345 bits per heavy atom. The minimum atomic E-state index is -0.396. The summed E-state index contributed by atoms with van der Waals surface area (Å²) in [6.45, 7) is 0. The first-order valence-corrected chi connectivity index (χ1v) is 18.8.